The summed E-state index contributed by atoms with van der Waals surface area (Å²) >= 11 is 0. The van der Waals surface area contributed by atoms with Crippen molar-refractivity contribution < 1.29 is 0 Å². The Morgan fingerprint density at radius 3 is 2.06 bits per heavy atom. The van der Waals surface area contributed by atoms with Gasteiger partial charge >= 0.3 is 0 Å². The minimum absolute atomic E-state index is 0.601. The topological polar surface area (TPSA) is 15.3 Å². The minimum Gasteiger partial charge on any atom is -0.314 e. The van der Waals surface area contributed by atoms with Gasteiger partial charge in [-0.15, -0.1) is 0 Å². The Bertz CT molecular complexity index is 209. The molecule has 2 unspecified atom stereocenters. The summed E-state index contributed by atoms with van der Waals surface area (Å²) in [5, 5.41) is 3.57. The zero-order chi connectivity index (χ0) is 13.0. The van der Waals surface area contributed by atoms with E-state index >= 15 is 0 Å². The maximum atomic E-state index is 3.57. The molecule has 2 atom stereocenters. The van der Waals surface area contributed by atoms with Crippen LogP contribution in [0.25, 0.3) is 0 Å². The van der Waals surface area contributed by atoms with Gasteiger partial charge in [0, 0.05) is 24.7 Å². The third-order valence-corrected chi connectivity index (χ3v) is 3.79. The fraction of sp³-hybridized carbons (Fsp3) is 1.00. The van der Waals surface area contributed by atoms with Crippen molar-refractivity contribution in [3.8, 4) is 0 Å². The molecule has 17 heavy (non-hydrogen) atoms. The van der Waals surface area contributed by atoms with E-state index in [-0.39, 0.29) is 0 Å². The number of rotatable bonds is 8. The van der Waals surface area contributed by atoms with Crippen LogP contribution in [-0.2, 0) is 0 Å². The first kappa shape index (κ1) is 15.0. The van der Waals surface area contributed by atoms with Crippen molar-refractivity contribution in [3.63, 3.8) is 0 Å². The molecule has 0 bridgehead atoms. The predicted molar refractivity (Wildman–Crippen MR) is 76.3 cm³/mol. The molecule has 0 saturated heterocycles. The van der Waals surface area contributed by atoms with Gasteiger partial charge in [-0.3, -0.25) is 4.90 Å². The Hall–Kier alpha value is -0.0800. The fourth-order valence-electron chi connectivity index (χ4n) is 2.39. The van der Waals surface area contributed by atoms with Crippen LogP contribution in [-0.4, -0.2) is 36.1 Å². The summed E-state index contributed by atoms with van der Waals surface area (Å²) in [7, 11) is 0. The van der Waals surface area contributed by atoms with E-state index in [1.54, 1.807) is 0 Å². The first-order valence-corrected chi connectivity index (χ1v) is 7.41. The lowest BCUT2D eigenvalue weighted by atomic mass is 10.00. The van der Waals surface area contributed by atoms with Gasteiger partial charge in [-0.25, -0.2) is 0 Å². The first-order valence-electron chi connectivity index (χ1n) is 7.41. The van der Waals surface area contributed by atoms with Gasteiger partial charge in [-0.05, 0) is 38.1 Å². The number of nitrogens with zero attached hydrogens (tertiary/aromatic N) is 1. The Morgan fingerprint density at radius 2 is 1.65 bits per heavy atom. The summed E-state index contributed by atoms with van der Waals surface area (Å²) in [6.45, 7) is 16.3. The van der Waals surface area contributed by atoms with Gasteiger partial charge in [0.05, 0.1) is 0 Å². The van der Waals surface area contributed by atoms with Crippen molar-refractivity contribution >= 4 is 0 Å². The highest BCUT2D eigenvalue weighted by Crippen LogP contribution is 2.31. The predicted octanol–water partition coefficient (Wildman–Crippen LogP) is 3.13. The molecule has 0 amide bonds. The van der Waals surface area contributed by atoms with E-state index in [4.69, 9.17) is 0 Å². The average molecular weight is 240 g/mol. The molecule has 0 spiro atoms. The van der Waals surface area contributed by atoms with Crippen LogP contribution in [0.4, 0.5) is 0 Å². The molecule has 2 heteroatoms. The molecule has 1 saturated carbocycles. The molecule has 1 fully saturated rings. The third-order valence-electron chi connectivity index (χ3n) is 3.79. The average Bonchev–Trinajstić information content (AvgIpc) is 3.04. The first-order chi connectivity index (χ1) is 7.91. The molecular weight excluding hydrogens is 208 g/mol. The zero-order valence-electron chi connectivity index (χ0n) is 12.7. The van der Waals surface area contributed by atoms with Crippen LogP contribution in [0.1, 0.15) is 54.4 Å². The van der Waals surface area contributed by atoms with E-state index in [2.05, 4.69) is 51.8 Å². The number of nitrogens with one attached hydrogen (secondary N) is 1. The Morgan fingerprint density at radius 1 is 1.06 bits per heavy atom. The van der Waals surface area contributed by atoms with Crippen LogP contribution in [0.2, 0.25) is 0 Å². The van der Waals surface area contributed by atoms with Crippen LogP contribution < -0.4 is 5.32 Å². The molecule has 1 rings (SSSR count). The van der Waals surface area contributed by atoms with Crippen LogP contribution in [0.5, 0.6) is 0 Å². The second-order valence-corrected chi connectivity index (χ2v) is 6.60. The summed E-state index contributed by atoms with van der Waals surface area (Å²) in [4.78, 5) is 2.75. The molecule has 0 aliphatic heterocycles. The van der Waals surface area contributed by atoms with Crippen LogP contribution in [0, 0.1) is 11.8 Å². The SMILES string of the molecule is CC(C)CN(C1CC1)C(C)C(C)CNC(C)C. The van der Waals surface area contributed by atoms with Crippen molar-refractivity contribution in [2.45, 2.75) is 72.5 Å². The smallest absolute Gasteiger partial charge is 0.0108 e. The molecule has 0 heterocycles. The van der Waals surface area contributed by atoms with Crippen molar-refractivity contribution in [2.75, 3.05) is 13.1 Å². The van der Waals surface area contributed by atoms with Gasteiger partial charge in [0.2, 0.25) is 0 Å². The largest absolute Gasteiger partial charge is 0.314 e. The van der Waals surface area contributed by atoms with E-state index in [1.165, 1.54) is 19.4 Å². The summed E-state index contributed by atoms with van der Waals surface area (Å²) in [6, 6.07) is 2.19. The normalized spacial score (nSPS) is 20.3. The zero-order valence-corrected chi connectivity index (χ0v) is 12.7. The van der Waals surface area contributed by atoms with E-state index in [0.717, 1.165) is 24.4 Å². The van der Waals surface area contributed by atoms with Gasteiger partial charge in [0.15, 0.2) is 0 Å². The maximum Gasteiger partial charge on any atom is 0.0108 e. The van der Waals surface area contributed by atoms with Gasteiger partial charge in [0.1, 0.15) is 0 Å². The molecule has 102 valence electrons. The van der Waals surface area contributed by atoms with Gasteiger partial charge in [-0.1, -0.05) is 34.6 Å². The van der Waals surface area contributed by atoms with E-state index in [9.17, 15) is 0 Å². The van der Waals surface area contributed by atoms with Gasteiger partial charge in [0.25, 0.3) is 0 Å². The number of hydrogen-bond acceptors (Lipinski definition) is 2. The molecular formula is C15H32N2. The molecule has 1 N–H and O–H groups in total. The Kier molecular flexibility index (Phi) is 5.94. The highest BCUT2D eigenvalue weighted by atomic mass is 15.2. The summed E-state index contributed by atoms with van der Waals surface area (Å²) in [5.41, 5.74) is 0. The molecule has 1 aliphatic rings. The second kappa shape index (κ2) is 6.75. The molecule has 0 aromatic carbocycles. The molecule has 0 aromatic heterocycles. The second-order valence-electron chi connectivity index (χ2n) is 6.60. The van der Waals surface area contributed by atoms with Gasteiger partial charge < -0.3 is 5.32 Å². The highest BCUT2D eigenvalue weighted by molar-refractivity contribution is 4.89. The lowest BCUT2D eigenvalue weighted by Crippen LogP contribution is -2.45. The minimum atomic E-state index is 0.601. The lowest BCUT2D eigenvalue weighted by molar-refractivity contribution is 0.133. The molecule has 0 radical (unpaired) electrons. The molecule has 1 aliphatic carbocycles. The summed E-state index contributed by atoms with van der Waals surface area (Å²) in [5.74, 6) is 1.51. The monoisotopic (exact) mass is 240 g/mol. The quantitative estimate of drug-likeness (QED) is 0.701. The maximum absolute atomic E-state index is 3.57. The van der Waals surface area contributed by atoms with Crippen LogP contribution >= 0.6 is 0 Å². The highest BCUT2D eigenvalue weighted by Gasteiger charge is 2.34. The van der Waals surface area contributed by atoms with E-state index in [1.807, 2.05) is 0 Å². The van der Waals surface area contributed by atoms with E-state index in [0.29, 0.717) is 12.1 Å². The summed E-state index contributed by atoms with van der Waals surface area (Å²) < 4.78 is 0. The summed E-state index contributed by atoms with van der Waals surface area (Å²) in [6.07, 6.45) is 2.84. The number of hydrogen-bond donors (Lipinski definition) is 1. The van der Waals surface area contributed by atoms with Crippen molar-refractivity contribution in [2.24, 2.45) is 11.8 Å². The van der Waals surface area contributed by atoms with Crippen LogP contribution in [0.3, 0.4) is 0 Å². The van der Waals surface area contributed by atoms with E-state index < -0.39 is 0 Å². The standard InChI is InChI=1S/C15H32N2/c1-11(2)10-17(15-7-8-15)14(6)13(5)9-16-12(3)4/h11-16H,7-10H2,1-6H3. The lowest BCUT2D eigenvalue weighted by Gasteiger charge is -2.35. The Labute approximate surface area is 108 Å². The van der Waals surface area contributed by atoms with Gasteiger partial charge in [-0.2, -0.15) is 0 Å². The Balaban J connectivity index is 2.42. The third kappa shape index (κ3) is 5.39. The molecule has 2 nitrogen and oxygen atoms in total. The van der Waals surface area contributed by atoms with Crippen molar-refractivity contribution in [3.05, 3.63) is 0 Å². The van der Waals surface area contributed by atoms with Crippen molar-refractivity contribution in [1.29, 1.82) is 0 Å². The molecule has 0 aromatic rings. The van der Waals surface area contributed by atoms with Crippen LogP contribution in [0.15, 0.2) is 0 Å². The van der Waals surface area contributed by atoms with Crippen molar-refractivity contribution in [1.82, 2.24) is 10.2 Å². The fourth-order valence-corrected chi connectivity index (χ4v) is 2.39.